The number of amides is 1. The normalized spacial score (nSPS) is 10.3. The van der Waals surface area contributed by atoms with Crippen molar-refractivity contribution in [1.82, 2.24) is 5.32 Å². The zero-order valence-corrected chi connectivity index (χ0v) is 12.3. The first kappa shape index (κ1) is 16.2. The fraction of sp³-hybridized carbons (Fsp3) is 0.111. The van der Waals surface area contributed by atoms with Gasteiger partial charge >= 0.3 is 6.09 Å². The van der Waals surface area contributed by atoms with Crippen LogP contribution in [0.3, 0.4) is 0 Å². The van der Waals surface area contributed by atoms with Crippen LogP contribution in [0.5, 0.6) is 0 Å². The topological polar surface area (TPSA) is 62.1 Å². The van der Waals surface area contributed by atoms with E-state index in [2.05, 4.69) is 5.32 Å². The summed E-state index contributed by atoms with van der Waals surface area (Å²) in [5.74, 6) is -0.571. The van der Waals surface area contributed by atoms with Crippen LogP contribution in [0.4, 0.5) is 9.18 Å². The minimum atomic E-state index is -0.571. The molecule has 0 heterocycles. The van der Waals surface area contributed by atoms with Gasteiger partial charge in [0.15, 0.2) is 0 Å². The molecular weight excluding hydrogens is 295 g/mol. The quantitative estimate of drug-likeness (QED) is 0.917. The standard InChI is InChI=1S/C18H15FN2O2/c19-17-15(8-4-9-16(17)12-20)10-5-11-21-18(22)23-13-14-6-2-1-3-7-14/h1-10H,11,13H2,(H,21,22). The summed E-state index contributed by atoms with van der Waals surface area (Å²) in [6.07, 6.45) is 2.54. The zero-order chi connectivity index (χ0) is 16.5. The van der Waals surface area contributed by atoms with Crippen LogP contribution in [0, 0.1) is 17.1 Å². The van der Waals surface area contributed by atoms with Gasteiger partial charge in [-0.1, -0.05) is 54.6 Å². The van der Waals surface area contributed by atoms with E-state index in [9.17, 15) is 9.18 Å². The highest BCUT2D eigenvalue weighted by Gasteiger charge is 2.04. The summed E-state index contributed by atoms with van der Waals surface area (Å²) >= 11 is 0. The van der Waals surface area contributed by atoms with Gasteiger partial charge in [-0.3, -0.25) is 0 Å². The number of rotatable bonds is 5. The Morgan fingerprint density at radius 2 is 2.00 bits per heavy atom. The number of carbonyl (C=O) groups excluding carboxylic acids is 1. The van der Waals surface area contributed by atoms with E-state index in [1.807, 2.05) is 30.3 Å². The molecule has 5 heteroatoms. The van der Waals surface area contributed by atoms with Crippen LogP contribution >= 0.6 is 0 Å². The first-order valence-electron chi connectivity index (χ1n) is 7.00. The SMILES string of the molecule is N#Cc1cccc(C=CCNC(=O)OCc2ccccc2)c1F. The molecule has 2 aromatic rings. The fourth-order valence-corrected chi connectivity index (χ4v) is 1.87. The Morgan fingerprint density at radius 1 is 1.22 bits per heavy atom. The molecule has 4 nitrogen and oxygen atoms in total. The molecule has 23 heavy (non-hydrogen) atoms. The number of nitriles is 1. The molecule has 0 aliphatic rings. The van der Waals surface area contributed by atoms with E-state index in [1.54, 1.807) is 24.3 Å². The van der Waals surface area contributed by atoms with Crippen molar-refractivity contribution in [2.24, 2.45) is 0 Å². The molecule has 0 bridgehead atoms. The van der Waals surface area contributed by atoms with Crippen molar-refractivity contribution >= 4 is 12.2 Å². The smallest absolute Gasteiger partial charge is 0.407 e. The Kier molecular flexibility index (Phi) is 5.89. The summed E-state index contributed by atoms with van der Waals surface area (Å²) in [4.78, 5) is 11.5. The number of carbonyl (C=O) groups is 1. The lowest BCUT2D eigenvalue weighted by molar-refractivity contribution is 0.141. The fourth-order valence-electron chi connectivity index (χ4n) is 1.87. The predicted octanol–water partition coefficient (Wildman–Crippen LogP) is 3.64. The molecular formula is C18H15FN2O2. The average molecular weight is 310 g/mol. The molecule has 0 aromatic heterocycles. The minimum absolute atomic E-state index is 0.0117. The molecule has 0 fully saturated rings. The molecule has 0 unspecified atom stereocenters. The Hall–Kier alpha value is -3.13. The first-order chi connectivity index (χ1) is 11.2. The summed E-state index contributed by atoms with van der Waals surface area (Å²) in [6.45, 7) is 0.388. The predicted molar refractivity (Wildman–Crippen MR) is 84.8 cm³/mol. The highest BCUT2D eigenvalue weighted by Crippen LogP contribution is 2.13. The summed E-state index contributed by atoms with van der Waals surface area (Å²) < 4.78 is 18.8. The molecule has 0 saturated carbocycles. The second-order valence-electron chi connectivity index (χ2n) is 4.67. The van der Waals surface area contributed by atoms with E-state index < -0.39 is 11.9 Å². The monoisotopic (exact) mass is 310 g/mol. The summed E-state index contributed by atoms with van der Waals surface area (Å²) in [6, 6.07) is 15.7. The summed E-state index contributed by atoms with van der Waals surface area (Å²) in [7, 11) is 0. The van der Waals surface area contributed by atoms with Gasteiger partial charge in [-0.05, 0) is 11.6 Å². The van der Waals surface area contributed by atoms with E-state index in [1.165, 1.54) is 12.1 Å². The largest absolute Gasteiger partial charge is 0.445 e. The van der Waals surface area contributed by atoms with Crippen molar-refractivity contribution in [3.05, 3.63) is 77.1 Å². The summed E-state index contributed by atoms with van der Waals surface area (Å²) in [5.41, 5.74) is 1.18. The van der Waals surface area contributed by atoms with Gasteiger partial charge in [0.2, 0.25) is 0 Å². The van der Waals surface area contributed by atoms with Crippen molar-refractivity contribution < 1.29 is 13.9 Å². The van der Waals surface area contributed by atoms with Crippen molar-refractivity contribution in [2.45, 2.75) is 6.61 Å². The lowest BCUT2D eigenvalue weighted by atomic mass is 10.1. The van der Waals surface area contributed by atoms with Gasteiger partial charge in [-0.25, -0.2) is 9.18 Å². The Balaban J connectivity index is 1.78. The molecule has 1 N–H and O–H groups in total. The Labute approximate surface area is 133 Å². The molecule has 1 amide bonds. The third kappa shape index (κ3) is 4.97. The van der Waals surface area contributed by atoms with Gasteiger partial charge in [-0.15, -0.1) is 0 Å². The number of nitrogens with zero attached hydrogens (tertiary/aromatic N) is 1. The Bertz CT molecular complexity index is 736. The molecule has 0 aliphatic heterocycles. The van der Waals surface area contributed by atoms with Gasteiger partial charge in [0.1, 0.15) is 18.5 Å². The number of hydrogen-bond acceptors (Lipinski definition) is 3. The van der Waals surface area contributed by atoms with Crippen LogP contribution < -0.4 is 5.32 Å². The molecule has 0 aliphatic carbocycles. The molecule has 0 atom stereocenters. The van der Waals surface area contributed by atoms with Crippen molar-refractivity contribution in [2.75, 3.05) is 6.54 Å². The maximum absolute atomic E-state index is 13.8. The number of hydrogen-bond donors (Lipinski definition) is 1. The molecule has 0 spiro atoms. The van der Waals surface area contributed by atoms with E-state index >= 15 is 0 Å². The number of benzene rings is 2. The lowest BCUT2D eigenvalue weighted by Gasteiger charge is -2.05. The highest BCUT2D eigenvalue weighted by molar-refractivity contribution is 5.67. The number of ether oxygens (including phenoxy) is 1. The van der Waals surface area contributed by atoms with E-state index in [-0.39, 0.29) is 18.7 Å². The van der Waals surface area contributed by atoms with Gasteiger partial charge in [-0.2, -0.15) is 5.26 Å². The van der Waals surface area contributed by atoms with Gasteiger partial charge in [0, 0.05) is 12.1 Å². The molecule has 0 saturated heterocycles. The first-order valence-corrected chi connectivity index (χ1v) is 7.00. The number of halogens is 1. The Morgan fingerprint density at radius 3 is 2.74 bits per heavy atom. The van der Waals surface area contributed by atoms with Crippen LogP contribution in [0.1, 0.15) is 16.7 Å². The molecule has 116 valence electrons. The van der Waals surface area contributed by atoms with Gasteiger partial charge in [0.05, 0.1) is 5.56 Å². The van der Waals surface area contributed by atoms with Crippen LogP contribution in [-0.4, -0.2) is 12.6 Å². The summed E-state index contributed by atoms with van der Waals surface area (Å²) in [5, 5.41) is 11.3. The maximum atomic E-state index is 13.8. The van der Waals surface area contributed by atoms with Crippen molar-refractivity contribution in [1.29, 1.82) is 5.26 Å². The maximum Gasteiger partial charge on any atom is 0.407 e. The number of alkyl carbamates (subject to hydrolysis) is 1. The van der Waals surface area contributed by atoms with Crippen LogP contribution in [0.25, 0.3) is 6.08 Å². The van der Waals surface area contributed by atoms with Gasteiger partial charge < -0.3 is 10.1 Å². The minimum Gasteiger partial charge on any atom is -0.445 e. The van der Waals surface area contributed by atoms with Crippen LogP contribution in [0.15, 0.2) is 54.6 Å². The van der Waals surface area contributed by atoms with E-state index in [0.717, 1.165) is 5.56 Å². The number of nitrogens with one attached hydrogen (secondary N) is 1. The second-order valence-corrected chi connectivity index (χ2v) is 4.67. The van der Waals surface area contributed by atoms with E-state index in [0.29, 0.717) is 5.56 Å². The second kappa shape index (κ2) is 8.35. The third-order valence-corrected chi connectivity index (χ3v) is 3.02. The van der Waals surface area contributed by atoms with E-state index in [4.69, 9.17) is 10.00 Å². The zero-order valence-electron chi connectivity index (χ0n) is 12.3. The van der Waals surface area contributed by atoms with Crippen molar-refractivity contribution in [3.63, 3.8) is 0 Å². The third-order valence-electron chi connectivity index (χ3n) is 3.02. The van der Waals surface area contributed by atoms with Crippen LogP contribution in [0.2, 0.25) is 0 Å². The van der Waals surface area contributed by atoms with Crippen LogP contribution in [-0.2, 0) is 11.3 Å². The van der Waals surface area contributed by atoms with Crippen molar-refractivity contribution in [3.8, 4) is 6.07 Å². The molecule has 2 rings (SSSR count). The average Bonchev–Trinajstić information content (AvgIpc) is 2.59. The highest BCUT2D eigenvalue weighted by atomic mass is 19.1. The molecule has 0 radical (unpaired) electrons. The molecule has 2 aromatic carbocycles. The van der Waals surface area contributed by atoms with Gasteiger partial charge in [0.25, 0.3) is 0 Å². The lowest BCUT2D eigenvalue weighted by Crippen LogP contribution is -2.24.